The van der Waals surface area contributed by atoms with Gasteiger partial charge in [-0.1, -0.05) is 39.5 Å². The number of nitrogens with one attached hydrogen (secondary N) is 1. The lowest BCUT2D eigenvalue weighted by molar-refractivity contribution is -0.169. The number of amides is 1. The second-order valence-electron chi connectivity index (χ2n) is 5.83. The van der Waals surface area contributed by atoms with E-state index in [4.69, 9.17) is 9.47 Å². The summed E-state index contributed by atoms with van der Waals surface area (Å²) in [6.07, 6.45) is 4.25. The van der Waals surface area contributed by atoms with E-state index < -0.39 is 23.4 Å². The first-order valence-corrected chi connectivity index (χ1v) is 8.47. The van der Waals surface area contributed by atoms with Crippen LogP contribution in [0.1, 0.15) is 66.7 Å². The molecule has 0 saturated heterocycles. The van der Waals surface area contributed by atoms with Gasteiger partial charge in [0, 0.05) is 6.92 Å². The maximum Gasteiger partial charge on any atom is 0.343 e. The minimum Gasteiger partial charge on any atom is -0.464 e. The number of unbranched alkanes of at least 4 members (excludes halogenated alkanes) is 2. The Morgan fingerprint density at radius 3 is 1.91 bits per heavy atom. The largest absolute Gasteiger partial charge is 0.464 e. The second kappa shape index (κ2) is 11.0. The topological polar surface area (TPSA) is 81.7 Å². The summed E-state index contributed by atoms with van der Waals surface area (Å²) >= 11 is 0. The SMILES string of the molecule is CCCCCC(C)CC(NC(C)=O)(C(=O)OCC)C(=O)OCC. The van der Waals surface area contributed by atoms with Crippen LogP contribution in [-0.2, 0) is 23.9 Å². The molecule has 0 radical (unpaired) electrons. The normalized spacial score (nSPS) is 12.4. The van der Waals surface area contributed by atoms with Gasteiger partial charge in [0.25, 0.3) is 0 Å². The summed E-state index contributed by atoms with van der Waals surface area (Å²) in [5, 5.41) is 2.50. The molecule has 1 unspecified atom stereocenters. The smallest absolute Gasteiger partial charge is 0.343 e. The van der Waals surface area contributed by atoms with Crippen molar-refractivity contribution in [2.75, 3.05) is 13.2 Å². The molecule has 0 bridgehead atoms. The Morgan fingerprint density at radius 2 is 1.52 bits per heavy atom. The molecule has 0 aromatic rings. The number of hydrogen-bond donors (Lipinski definition) is 1. The van der Waals surface area contributed by atoms with E-state index in [1.54, 1.807) is 13.8 Å². The van der Waals surface area contributed by atoms with Crippen molar-refractivity contribution < 1.29 is 23.9 Å². The fourth-order valence-electron chi connectivity index (χ4n) is 2.58. The summed E-state index contributed by atoms with van der Waals surface area (Å²) < 4.78 is 10.1. The van der Waals surface area contributed by atoms with Crippen molar-refractivity contribution in [3.05, 3.63) is 0 Å². The van der Waals surface area contributed by atoms with Crippen LogP contribution in [0.2, 0.25) is 0 Å². The number of esters is 2. The van der Waals surface area contributed by atoms with E-state index >= 15 is 0 Å². The van der Waals surface area contributed by atoms with Gasteiger partial charge < -0.3 is 14.8 Å². The second-order valence-corrected chi connectivity index (χ2v) is 5.83. The van der Waals surface area contributed by atoms with Crippen LogP contribution >= 0.6 is 0 Å². The van der Waals surface area contributed by atoms with Crippen LogP contribution in [0.3, 0.4) is 0 Å². The minimum absolute atomic E-state index is 0.0715. The van der Waals surface area contributed by atoms with Crippen LogP contribution in [0.4, 0.5) is 0 Å². The van der Waals surface area contributed by atoms with Crippen LogP contribution in [0.25, 0.3) is 0 Å². The average Bonchev–Trinajstić information content (AvgIpc) is 2.46. The highest BCUT2D eigenvalue weighted by molar-refractivity contribution is 6.07. The van der Waals surface area contributed by atoms with Crippen molar-refractivity contribution >= 4 is 17.8 Å². The van der Waals surface area contributed by atoms with Gasteiger partial charge in [0.1, 0.15) is 0 Å². The first-order valence-electron chi connectivity index (χ1n) is 8.47. The van der Waals surface area contributed by atoms with Crippen molar-refractivity contribution in [3.8, 4) is 0 Å². The molecular weight excluding hydrogens is 298 g/mol. The molecule has 134 valence electrons. The zero-order chi connectivity index (χ0) is 17.9. The van der Waals surface area contributed by atoms with Gasteiger partial charge in [0.2, 0.25) is 11.4 Å². The molecule has 0 saturated carbocycles. The first kappa shape index (κ1) is 21.4. The van der Waals surface area contributed by atoms with Crippen molar-refractivity contribution in [2.45, 2.75) is 72.3 Å². The fraction of sp³-hybridized carbons (Fsp3) is 0.824. The van der Waals surface area contributed by atoms with Gasteiger partial charge in [0.15, 0.2) is 0 Å². The lowest BCUT2D eigenvalue weighted by Crippen LogP contribution is -2.61. The lowest BCUT2D eigenvalue weighted by Gasteiger charge is -2.31. The Morgan fingerprint density at radius 1 is 1.00 bits per heavy atom. The van der Waals surface area contributed by atoms with Gasteiger partial charge in [-0.25, -0.2) is 9.59 Å². The molecule has 0 aliphatic rings. The molecule has 0 heterocycles. The fourth-order valence-corrected chi connectivity index (χ4v) is 2.58. The van der Waals surface area contributed by atoms with Crippen molar-refractivity contribution in [1.29, 1.82) is 0 Å². The third kappa shape index (κ3) is 7.01. The lowest BCUT2D eigenvalue weighted by atomic mass is 9.85. The van der Waals surface area contributed by atoms with Crippen LogP contribution in [-0.4, -0.2) is 36.6 Å². The molecular formula is C17H31NO5. The molecule has 0 aliphatic heterocycles. The predicted octanol–water partition coefficient (Wildman–Crippen LogP) is 2.59. The zero-order valence-corrected chi connectivity index (χ0v) is 15.1. The zero-order valence-electron chi connectivity index (χ0n) is 15.1. The van der Waals surface area contributed by atoms with Crippen LogP contribution < -0.4 is 5.32 Å². The van der Waals surface area contributed by atoms with E-state index in [1.165, 1.54) is 6.92 Å². The van der Waals surface area contributed by atoms with Crippen LogP contribution in [0.5, 0.6) is 0 Å². The summed E-state index contributed by atoms with van der Waals surface area (Å²) in [5.74, 6) is -1.90. The number of carbonyl (C=O) groups is 3. The molecule has 23 heavy (non-hydrogen) atoms. The molecule has 6 nitrogen and oxygen atoms in total. The molecule has 0 rings (SSSR count). The molecule has 0 aromatic heterocycles. The maximum absolute atomic E-state index is 12.4. The van der Waals surface area contributed by atoms with Gasteiger partial charge in [-0.2, -0.15) is 0 Å². The molecule has 6 heteroatoms. The van der Waals surface area contributed by atoms with Gasteiger partial charge >= 0.3 is 11.9 Å². The van der Waals surface area contributed by atoms with E-state index in [9.17, 15) is 14.4 Å². The number of ether oxygens (including phenoxy) is 2. The van der Waals surface area contributed by atoms with E-state index in [0.717, 1.165) is 25.7 Å². The van der Waals surface area contributed by atoms with Crippen LogP contribution in [0.15, 0.2) is 0 Å². The monoisotopic (exact) mass is 329 g/mol. The Balaban J connectivity index is 5.38. The average molecular weight is 329 g/mol. The summed E-state index contributed by atoms with van der Waals surface area (Å²) in [6, 6.07) is 0. The Kier molecular flexibility index (Phi) is 10.3. The summed E-state index contributed by atoms with van der Waals surface area (Å²) in [4.78, 5) is 36.5. The number of carbonyl (C=O) groups excluding carboxylic acids is 3. The Hall–Kier alpha value is -1.59. The van der Waals surface area contributed by atoms with Gasteiger partial charge in [0.05, 0.1) is 13.2 Å². The summed E-state index contributed by atoms with van der Waals surface area (Å²) in [7, 11) is 0. The molecule has 1 atom stereocenters. The summed E-state index contributed by atoms with van der Waals surface area (Å²) in [6.45, 7) is 8.93. The highest BCUT2D eigenvalue weighted by Gasteiger charge is 2.50. The van der Waals surface area contributed by atoms with Gasteiger partial charge in [-0.3, -0.25) is 4.79 Å². The molecule has 0 aliphatic carbocycles. The van der Waals surface area contributed by atoms with Crippen LogP contribution in [0, 0.1) is 5.92 Å². The quantitative estimate of drug-likeness (QED) is 0.358. The molecule has 0 aromatic carbocycles. The van der Waals surface area contributed by atoms with E-state index in [2.05, 4.69) is 12.2 Å². The van der Waals surface area contributed by atoms with Crippen molar-refractivity contribution in [2.24, 2.45) is 5.92 Å². The third-order valence-electron chi connectivity index (χ3n) is 3.59. The van der Waals surface area contributed by atoms with E-state index in [1.807, 2.05) is 6.92 Å². The third-order valence-corrected chi connectivity index (χ3v) is 3.59. The standard InChI is InChI=1S/C17H31NO5/c1-6-9-10-11-13(4)12-17(18-14(5)19,15(20)22-7-2)16(21)23-8-3/h13H,6-12H2,1-5H3,(H,18,19). The van der Waals surface area contributed by atoms with Crippen molar-refractivity contribution in [1.82, 2.24) is 5.32 Å². The molecule has 0 spiro atoms. The number of hydrogen-bond acceptors (Lipinski definition) is 5. The summed E-state index contributed by atoms with van der Waals surface area (Å²) in [5.41, 5.74) is -1.76. The van der Waals surface area contributed by atoms with E-state index in [-0.39, 0.29) is 25.6 Å². The van der Waals surface area contributed by atoms with Gasteiger partial charge in [-0.05, 0) is 26.2 Å². The Bertz CT molecular complexity index is 376. The number of rotatable bonds is 11. The van der Waals surface area contributed by atoms with Crippen molar-refractivity contribution in [3.63, 3.8) is 0 Å². The molecule has 1 amide bonds. The Labute approximate surface area is 139 Å². The van der Waals surface area contributed by atoms with E-state index in [0.29, 0.717) is 0 Å². The first-order chi connectivity index (χ1) is 10.8. The maximum atomic E-state index is 12.4. The highest BCUT2D eigenvalue weighted by Crippen LogP contribution is 2.25. The highest BCUT2D eigenvalue weighted by atomic mass is 16.6. The van der Waals surface area contributed by atoms with Gasteiger partial charge in [-0.15, -0.1) is 0 Å². The predicted molar refractivity (Wildman–Crippen MR) is 87.7 cm³/mol. The minimum atomic E-state index is -1.76. The molecule has 1 N–H and O–H groups in total. The molecule has 0 fully saturated rings.